The number of nitrogens with zero attached hydrogens (tertiary/aromatic N) is 3. The zero-order chi connectivity index (χ0) is 16.6. The number of likely N-dealkylation sites (tertiary alicyclic amines) is 1. The molecule has 7 nitrogen and oxygen atoms in total. The van der Waals surface area contributed by atoms with Crippen LogP contribution in [0.15, 0.2) is 16.9 Å². The third-order valence-corrected chi connectivity index (χ3v) is 4.80. The Hall–Kier alpha value is -1.86. The Labute approximate surface area is 135 Å². The molecule has 0 aromatic carbocycles. The molecule has 0 radical (unpaired) electrons. The van der Waals surface area contributed by atoms with E-state index in [1.807, 2.05) is 4.90 Å². The Bertz CT molecular complexity index is 657. The van der Waals surface area contributed by atoms with Gasteiger partial charge in [0.2, 0.25) is 5.91 Å². The van der Waals surface area contributed by atoms with Gasteiger partial charge in [0.25, 0.3) is 5.56 Å². The van der Waals surface area contributed by atoms with Gasteiger partial charge in [0.05, 0.1) is 18.8 Å². The van der Waals surface area contributed by atoms with Gasteiger partial charge in [0, 0.05) is 44.4 Å². The maximum atomic E-state index is 12.4. The summed E-state index contributed by atoms with van der Waals surface area (Å²) in [6.07, 6.45) is 0.366. The second-order valence-electron chi connectivity index (χ2n) is 6.35. The minimum Gasteiger partial charge on any atom is -0.508 e. The SMILES string of the molecule is Cc1cc(O)cc(=O)n1CCC(=O)N1C[C@H]2OCCN(C)[C@H]2C1. The van der Waals surface area contributed by atoms with Crippen molar-refractivity contribution in [1.82, 2.24) is 14.4 Å². The molecule has 1 amide bonds. The fourth-order valence-corrected chi connectivity index (χ4v) is 3.43. The molecule has 2 aliphatic rings. The highest BCUT2D eigenvalue weighted by Gasteiger charge is 2.40. The number of carbonyl (C=O) groups is 1. The van der Waals surface area contributed by atoms with Gasteiger partial charge in [-0.2, -0.15) is 0 Å². The predicted octanol–water partition coefficient (Wildman–Crippen LogP) is -0.206. The monoisotopic (exact) mass is 321 g/mol. The second-order valence-corrected chi connectivity index (χ2v) is 6.35. The smallest absolute Gasteiger partial charge is 0.254 e. The molecule has 1 aromatic heterocycles. The number of morpholine rings is 1. The number of hydrogen-bond donors (Lipinski definition) is 1. The second kappa shape index (κ2) is 6.33. The van der Waals surface area contributed by atoms with Crippen molar-refractivity contribution in [1.29, 1.82) is 0 Å². The predicted molar refractivity (Wildman–Crippen MR) is 84.5 cm³/mol. The van der Waals surface area contributed by atoms with Gasteiger partial charge in [-0.25, -0.2) is 0 Å². The lowest BCUT2D eigenvalue weighted by Gasteiger charge is -2.33. The van der Waals surface area contributed by atoms with Crippen LogP contribution in [0, 0.1) is 6.92 Å². The fourth-order valence-electron chi connectivity index (χ4n) is 3.43. The molecule has 0 saturated carbocycles. The number of likely N-dealkylation sites (N-methyl/N-ethyl adjacent to an activating group) is 1. The Kier molecular flexibility index (Phi) is 4.41. The summed E-state index contributed by atoms with van der Waals surface area (Å²) < 4.78 is 7.27. The quantitative estimate of drug-likeness (QED) is 0.834. The molecule has 3 heterocycles. The summed E-state index contributed by atoms with van der Waals surface area (Å²) in [6, 6.07) is 2.97. The maximum Gasteiger partial charge on any atom is 0.254 e. The molecule has 1 aromatic rings. The van der Waals surface area contributed by atoms with Gasteiger partial charge in [-0.15, -0.1) is 0 Å². The summed E-state index contributed by atoms with van der Waals surface area (Å²) in [5.41, 5.74) is 0.370. The van der Waals surface area contributed by atoms with Crippen LogP contribution in [-0.4, -0.2) is 70.8 Å². The average Bonchev–Trinajstić information content (AvgIpc) is 2.91. The first-order chi connectivity index (χ1) is 11.0. The number of fused-ring (bicyclic) bond motifs is 1. The van der Waals surface area contributed by atoms with Crippen LogP contribution < -0.4 is 5.56 Å². The molecule has 0 spiro atoms. The molecule has 1 N–H and O–H groups in total. The van der Waals surface area contributed by atoms with Crippen LogP contribution in [0.1, 0.15) is 12.1 Å². The minimum absolute atomic E-state index is 0.0378. The van der Waals surface area contributed by atoms with Crippen LogP contribution >= 0.6 is 0 Å². The normalized spacial score (nSPS) is 24.7. The Morgan fingerprint density at radius 2 is 2.17 bits per heavy atom. The van der Waals surface area contributed by atoms with Crippen molar-refractivity contribution < 1.29 is 14.6 Å². The Morgan fingerprint density at radius 3 is 2.87 bits per heavy atom. The van der Waals surface area contributed by atoms with Crippen molar-refractivity contribution in [3.63, 3.8) is 0 Å². The first-order valence-corrected chi connectivity index (χ1v) is 7.96. The molecule has 3 rings (SSSR count). The maximum absolute atomic E-state index is 12.4. The highest BCUT2D eigenvalue weighted by molar-refractivity contribution is 5.76. The number of amides is 1. The Balaban J connectivity index is 1.61. The number of aromatic hydroxyl groups is 1. The molecule has 2 saturated heterocycles. The lowest BCUT2D eigenvalue weighted by molar-refractivity contribution is -0.130. The number of aryl methyl sites for hydroxylation is 1. The van der Waals surface area contributed by atoms with E-state index in [1.54, 1.807) is 6.92 Å². The van der Waals surface area contributed by atoms with E-state index in [1.165, 1.54) is 16.7 Å². The number of carbonyl (C=O) groups excluding carboxylic acids is 1. The molecule has 0 aliphatic carbocycles. The fraction of sp³-hybridized carbons (Fsp3) is 0.625. The van der Waals surface area contributed by atoms with E-state index < -0.39 is 0 Å². The van der Waals surface area contributed by atoms with E-state index in [4.69, 9.17) is 4.74 Å². The molecule has 2 atom stereocenters. The van der Waals surface area contributed by atoms with Crippen LogP contribution in [-0.2, 0) is 16.1 Å². The van der Waals surface area contributed by atoms with Gasteiger partial charge >= 0.3 is 0 Å². The van der Waals surface area contributed by atoms with Crippen molar-refractivity contribution in [3.8, 4) is 5.75 Å². The van der Waals surface area contributed by atoms with Crippen molar-refractivity contribution >= 4 is 5.91 Å². The number of rotatable bonds is 3. The van der Waals surface area contributed by atoms with Gasteiger partial charge in [0.1, 0.15) is 5.75 Å². The van der Waals surface area contributed by atoms with E-state index >= 15 is 0 Å². The first kappa shape index (κ1) is 16.0. The molecule has 0 unspecified atom stereocenters. The number of hydrogen-bond acceptors (Lipinski definition) is 5. The number of pyridine rings is 1. The largest absolute Gasteiger partial charge is 0.508 e. The van der Waals surface area contributed by atoms with Crippen LogP contribution in [0.2, 0.25) is 0 Å². The number of aromatic nitrogens is 1. The van der Waals surface area contributed by atoms with Crippen LogP contribution in [0.25, 0.3) is 0 Å². The molecule has 0 bridgehead atoms. The van der Waals surface area contributed by atoms with Crippen LogP contribution in [0.4, 0.5) is 0 Å². The summed E-state index contributed by atoms with van der Waals surface area (Å²) in [5.74, 6) is -0.00495. The molecule has 23 heavy (non-hydrogen) atoms. The highest BCUT2D eigenvalue weighted by Crippen LogP contribution is 2.22. The standard InChI is InChI=1S/C16H23N3O4/c1-11-7-12(20)8-16(22)19(11)4-3-15(21)18-9-13-14(10-18)23-6-5-17(13)2/h7-8,13-14,20H,3-6,9-10H2,1-2H3/t13-,14+/m0/s1. The molecule has 126 valence electrons. The summed E-state index contributed by atoms with van der Waals surface area (Å²) in [4.78, 5) is 28.4. The van der Waals surface area contributed by atoms with Gasteiger partial charge in [-0.3, -0.25) is 14.5 Å². The van der Waals surface area contributed by atoms with Gasteiger partial charge in [0.15, 0.2) is 0 Å². The van der Waals surface area contributed by atoms with Crippen molar-refractivity contribution in [2.45, 2.75) is 32.0 Å². The summed E-state index contributed by atoms with van der Waals surface area (Å²) in [5, 5.41) is 9.40. The Morgan fingerprint density at radius 1 is 1.39 bits per heavy atom. The molecule has 2 fully saturated rings. The molecule has 2 aliphatic heterocycles. The third-order valence-electron chi connectivity index (χ3n) is 4.80. The van der Waals surface area contributed by atoms with Gasteiger partial charge in [-0.05, 0) is 20.0 Å². The van der Waals surface area contributed by atoms with Gasteiger partial charge < -0.3 is 19.3 Å². The molecular formula is C16H23N3O4. The van der Waals surface area contributed by atoms with E-state index in [-0.39, 0.29) is 35.8 Å². The zero-order valence-electron chi connectivity index (χ0n) is 13.6. The van der Waals surface area contributed by atoms with Crippen molar-refractivity contribution in [2.75, 3.05) is 33.3 Å². The summed E-state index contributed by atoms with van der Waals surface area (Å²) in [6.45, 7) is 4.99. The van der Waals surface area contributed by atoms with E-state index in [0.29, 0.717) is 31.9 Å². The van der Waals surface area contributed by atoms with Crippen molar-refractivity contribution in [2.24, 2.45) is 0 Å². The average molecular weight is 321 g/mol. The van der Waals surface area contributed by atoms with Gasteiger partial charge in [-0.1, -0.05) is 0 Å². The lowest BCUT2D eigenvalue weighted by atomic mass is 10.1. The minimum atomic E-state index is -0.284. The summed E-state index contributed by atoms with van der Waals surface area (Å²) >= 11 is 0. The summed E-state index contributed by atoms with van der Waals surface area (Å²) in [7, 11) is 2.06. The van der Waals surface area contributed by atoms with E-state index in [2.05, 4.69) is 11.9 Å². The van der Waals surface area contributed by atoms with Crippen LogP contribution in [0.3, 0.4) is 0 Å². The number of ether oxygens (including phenoxy) is 1. The lowest BCUT2D eigenvalue weighted by Crippen LogP contribution is -2.48. The van der Waals surface area contributed by atoms with Crippen LogP contribution in [0.5, 0.6) is 5.75 Å². The molecular weight excluding hydrogens is 298 g/mol. The van der Waals surface area contributed by atoms with Crippen molar-refractivity contribution in [3.05, 3.63) is 28.2 Å². The van der Waals surface area contributed by atoms with E-state index in [9.17, 15) is 14.7 Å². The highest BCUT2D eigenvalue weighted by atomic mass is 16.5. The molecule has 7 heteroatoms. The zero-order valence-corrected chi connectivity index (χ0v) is 13.6. The third kappa shape index (κ3) is 3.25. The van der Waals surface area contributed by atoms with E-state index in [0.717, 1.165) is 6.54 Å². The first-order valence-electron chi connectivity index (χ1n) is 7.96. The topological polar surface area (TPSA) is 75.0 Å².